The van der Waals surface area contributed by atoms with Gasteiger partial charge in [-0.2, -0.15) is 0 Å². The molecule has 0 spiro atoms. The standard InChI is InChI=1S/C38H43N5O7/c1-26-31(41-34(48-26)28-11-7-5-8-12-28)25-32(44)42-38(19-23-43(24-20-38)36(47)50-37(2,3)4)35(46)40-22-21-39-33(45)27-15-17-30(18-16-27)49-29-13-9-6-10-14-29/h5-18H,19-25H2,1-4H3,(H,39,45)(H,40,46)(H,42,44). The Morgan fingerprint density at radius 1 is 0.840 bits per heavy atom. The number of rotatable bonds is 11. The second kappa shape index (κ2) is 15.7. The van der Waals surface area contributed by atoms with E-state index in [9.17, 15) is 19.2 Å². The molecule has 1 saturated heterocycles. The summed E-state index contributed by atoms with van der Waals surface area (Å²) >= 11 is 0. The maximum absolute atomic E-state index is 13.8. The Balaban J connectivity index is 1.19. The first-order valence-corrected chi connectivity index (χ1v) is 16.6. The van der Waals surface area contributed by atoms with Gasteiger partial charge in [0.2, 0.25) is 17.7 Å². The fourth-order valence-corrected chi connectivity index (χ4v) is 5.49. The molecule has 0 unspecified atom stereocenters. The molecule has 4 amide bonds. The van der Waals surface area contributed by atoms with Gasteiger partial charge in [0.25, 0.3) is 5.91 Å². The Morgan fingerprint density at radius 3 is 2.08 bits per heavy atom. The second-order valence-electron chi connectivity index (χ2n) is 13.1. The predicted molar refractivity (Wildman–Crippen MR) is 187 cm³/mol. The monoisotopic (exact) mass is 681 g/mol. The highest BCUT2D eigenvalue weighted by Gasteiger charge is 2.44. The molecule has 2 heterocycles. The number of aromatic nitrogens is 1. The average Bonchev–Trinajstić information content (AvgIpc) is 3.46. The molecule has 0 bridgehead atoms. The van der Waals surface area contributed by atoms with Crippen LogP contribution in [0.4, 0.5) is 4.79 Å². The molecule has 0 atom stereocenters. The highest BCUT2D eigenvalue weighted by atomic mass is 16.6. The van der Waals surface area contributed by atoms with Gasteiger partial charge in [0.1, 0.15) is 28.4 Å². The molecule has 0 radical (unpaired) electrons. The van der Waals surface area contributed by atoms with Crippen LogP contribution in [0.1, 0.15) is 55.4 Å². The number of hydrogen-bond acceptors (Lipinski definition) is 8. The van der Waals surface area contributed by atoms with E-state index >= 15 is 0 Å². The number of hydrogen-bond donors (Lipinski definition) is 3. The number of amides is 4. The third-order valence-electron chi connectivity index (χ3n) is 8.11. The molecular formula is C38H43N5O7. The molecule has 1 fully saturated rings. The van der Waals surface area contributed by atoms with Crippen LogP contribution in [-0.4, -0.2) is 71.0 Å². The van der Waals surface area contributed by atoms with Crippen LogP contribution in [0.25, 0.3) is 11.5 Å². The van der Waals surface area contributed by atoms with Gasteiger partial charge in [0.15, 0.2) is 0 Å². The number of aryl methyl sites for hydroxylation is 1. The van der Waals surface area contributed by atoms with Crippen molar-refractivity contribution in [3.8, 4) is 23.0 Å². The van der Waals surface area contributed by atoms with E-state index in [0.29, 0.717) is 34.4 Å². The van der Waals surface area contributed by atoms with Crippen molar-refractivity contribution in [2.75, 3.05) is 26.2 Å². The molecule has 0 saturated carbocycles. The van der Waals surface area contributed by atoms with Crippen LogP contribution in [-0.2, 0) is 20.7 Å². The highest BCUT2D eigenvalue weighted by molar-refractivity contribution is 5.94. The minimum Gasteiger partial charge on any atom is -0.457 e. The lowest BCUT2D eigenvalue weighted by molar-refractivity contribution is -0.135. The molecule has 50 heavy (non-hydrogen) atoms. The van der Waals surface area contributed by atoms with Crippen LogP contribution in [0.15, 0.2) is 89.3 Å². The molecule has 1 aliphatic rings. The number of carbonyl (C=O) groups is 4. The summed E-state index contributed by atoms with van der Waals surface area (Å²) in [5.41, 5.74) is -0.283. The maximum Gasteiger partial charge on any atom is 0.410 e. The maximum atomic E-state index is 13.8. The molecule has 3 N–H and O–H groups in total. The first-order valence-electron chi connectivity index (χ1n) is 16.6. The van der Waals surface area contributed by atoms with Gasteiger partial charge >= 0.3 is 6.09 Å². The van der Waals surface area contributed by atoms with Crippen molar-refractivity contribution in [2.45, 2.75) is 58.1 Å². The summed E-state index contributed by atoms with van der Waals surface area (Å²) in [6.07, 6.45) is -0.244. The molecular weight excluding hydrogens is 638 g/mol. The summed E-state index contributed by atoms with van der Waals surface area (Å²) in [6.45, 7) is 7.78. The Morgan fingerprint density at radius 2 is 1.44 bits per heavy atom. The molecule has 12 nitrogen and oxygen atoms in total. The zero-order chi connectivity index (χ0) is 35.7. The van der Waals surface area contributed by atoms with Crippen molar-refractivity contribution < 1.29 is 33.1 Å². The Labute approximate surface area is 291 Å². The van der Waals surface area contributed by atoms with Crippen LogP contribution in [0, 0.1) is 6.92 Å². The van der Waals surface area contributed by atoms with E-state index in [1.807, 2.05) is 60.7 Å². The van der Waals surface area contributed by atoms with Crippen molar-refractivity contribution in [1.82, 2.24) is 25.8 Å². The van der Waals surface area contributed by atoms with Crippen molar-refractivity contribution >= 4 is 23.8 Å². The summed E-state index contributed by atoms with van der Waals surface area (Å²) in [7, 11) is 0. The van der Waals surface area contributed by atoms with E-state index in [4.69, 9.17) is 13.9 Å². The van der Waals surface area contributed by atoms with Gasteiger partial charge in [-0.1, -0.05) is 36.4 Å². The number of ether oxygens (including phenoxy) is 2. The van der Waals surface area contributed by atoms with Gasteiger partial charge in [0.05, 0.1) is 12.1 Å². The van der Waals surface area contributed by atoms with Crippen LogP contribution >= 0.6 is 0 Å². The second-order valence-corrected chi connectivity index (χ2v) is 13.1. The normalized spacial score (nSPS) is 14.0. The summed E-state index contributed by atoms with van der Waals surface area (Å²) in [4.78, 5) is 58.8. The van der Waals surface area contributed by atoms with Crippen LogP contribution in [0.2, 0.25) is 0 Å². The van der Waals surface area contributed by atoms with Crippen LogP contribution in [0.3, 0.4) is 0 Å². The van der Waals surface area contributed by atoms with Crippen LogP contribution in [0.5, 0.6) is 11.5 Å². The number of piperidine rings is 1. The molecule has 5 rings (SSSR count). The van der Waals surface area contributed by atoms with Gasteiger partial charge in [-0.15, -0.1) is 0 Å². The smallest absolute Gasteiger partial charge is 0.410 e. The number of carbonyl (C=O) groups excluding carboxylic acids is 4. The zero-order valence-electron chi connectivity index (χ0n) is 28.8. The first-order chi connectivity index (χ1) is 23.9. The molecule has 3 aromatic carbocycles. The van der Waals surface area contributed by atoms with Crippen LogP contribution < -0.4 is 20.7 Å². The molecule has 4 aromatic rings. The fourth-order valence-electron chi connectivity index (χ4n) is 5.49. The van der Waals surface area contributed by atoms with Gasteiger partial charge in [-0.05, 0) is 89.1 Å². The number of para-hydroxylation sites is 1. The highest BCUT2D eigenvalue weighted by Crippen LogP contribution is 2.26. The summed E-state index contributed by atoms with van der Waals surface area (Å²) in [5, 5.41) is 8.63. The van der Waals surface area contributed by atoms with Crippen molar-refractivity contribution in [3.63, 3.8) is 0 Å². The van der Waals surface area contributed by atoms with Gasteiger partial charge < -0.3 is 34.7 Å². The lowest BCUT2D eigenvalue weighted by Gasteiger charge is -2.41. The lowest BCUT2D eigenvalue weighted by Crippen LogP contribution is -2.64. The summed E-state index contributed by atoms with van der Waals surface area (Å²) in [5.74, 6) is 1.07. The fraction of sp³-hybridized carbons (Fsp3) is 0.342. The molecule has 0 aliphatic carbocycles. The largest absolute Gasteiger partial charge is 0.457 e. The minimum atomic E-state index is -1.30. The number of oxazole rings is 1. The number of nitrogens with one attached hydrogen (secondary N) is 3. The van der Waals surface area contributed by atoms with Crippen molar-refractivity contribution in [2.24, 2.45) is 0 Å². The Bertz CT molecular complexity index is 1780. The van der Waals surface area contributed by atoms with Crippen molar-refractivity contribution in [3.05, 3.63) is 102 Å². The van der Waals surface area contributed by atoms with Gasteiger partial charge in [-0.3, -0.25) is 14.4 Å². The number of benzene rings is 3. The molecule has 12 heteroatoms. The van der Waals surface area contributed by atoms with Gasteiger partial charge in [-0.25, -0.2) is 9.78 Å². The summed E-state index contributed by atoms with van der Waals surface area (Å²) in [6, 6.07) is 25.5. The SMILES string of the molecule is Cc1oc(-c2ccccc2)nc1CC(=O)NC1(C(=O)NCCNC(=O)c2ccc(Oc3ccccc3)cc2)CCN(C(=O)OC(C)(C)C)CC1. The van der Waals surface area contributed by atoms with E-state index in [-0.39, 0.29) is 51.3 Å². The van der Waals surface area contributed by atoms with E-state index in [1.165, 1.54) is 4.90 Å². The Kier molecular flexibility index (Phi) is 11.2. The lowest BCUT2D eigenvalue weighted by atomic mass is 9.86. The van der Waals surface area contributed by atoms with E-state index in [2.05, 4.69) is 20.9 Å². The third-order valence-corrected chi connectivity index (χ3v) is 8.11. The number of nitrogens with zero attached hydrogens (tertiary/aromatic N) is 2. The molecule has 1 aromatic heterocycles. The van der Waals surface area contributed by atoms with Crippen molar-refractivity contribution in [1.29, 1.82) is 0 Å². The third kappa shape index (κ3) is 9.49. The molecule has 1 aliphatic heterocycles. The topological polar surface area (TPSA) is 152 Å². The first kappa shape index (κ1) is 35.7. The van der Waals surface area contributed by atoms with E-state index < -0.39 is 29.0 Å². The van der Waals surface area contributed by atoms with E-state index in [0.717, 1.165) is 5.56 Å². The van der Waals surface area contributed by atoms with Gasteiger partial charge in [0, 0.05) is 37.3 Å². The predicted octanol–water partition coefficient (Wildman–Crippen LogP) is 5.42. The van der Waals surface area contributed by atoms with E-state index in [1.54, 1.807) is 52.0 Å². The molecule has 262 valence electrons. The average molecular weight is 682 g/mol. The quantitative estimate of drug-likeness (QED) is 0.178. The Hall–Kier alpha value is -5.65. The zero-order valence-corrected chi connectivity index (χ0v) is 28.8. The minimum absolute atomic E-state index is 0.0990. The summed E-state index contributed by atoms with van der Waals surface area (Å²) < 4.78 is 17.1. The number of likely N-dealkylation sites (tertiary alicyclic amines) is 1.